The number of likely N-dealkylation sites (tertiary alicyclic amines) is 1. The molecule has 43 heavy (non-hydrogen) atoms. The first-order valence-corrected chi connectivity index (χ1v) is 14.8. The number of aryl methyl sites for hydroxylation is 3. The number of aliphatic hydroxyl groups is 1. The second-order valence-corrected chi connectivity index (χ2v) is 13.1. The number of nitrogens with one attached hydrogen (secondary N) is 2. The molecule has 2 aliphatic rings. The molecule has 1 unspecified atom stereocenters. The minimum atomic E-state index is -4.60. The maximum atomic E-state index is 14.0. The number of carbonyl (C=O) groups is 1. The molecule has 3 heterocycles. The van der Waals surface area contributed by atoms with Crippen LogP contribution in [0.1, 0.15) is 80.0 Å². The number of aromatic nitrogens is 2. The molecule has 0 aliphatic carbocycles. The minimum absolute atomic E-state index is 0.0352. The standard InChI is InChI=1S/C33H40F3N5O2/c1-20-16-22(23-9-7-15-41(18-23)19-31(2,3)43)12-13-25(20)39-30-37-17-24(33(34,35)36)26(40-30)14-11-21-8-6-10-27-28(21)32(4,5)29(42)38-27/h6,8,10,12-13,16-17,23,43H,7,9,11,14-15,18-19H2,1-5H3,(H,38,42)(H,37,39,40). The summed E-state index contributed by atoms with van der Waals surface area (Å²) in [5.74, 6) is 0.312. The molecule has 5 rings (SSSR count). The summed E-state index contributed by atoms with van der Waals surface area (Å²) in [4.78, 5) is 23.1. The van der Waals surface area contributed by atoms with Crippen LogP contribution >= 0.6 is 0 Å². The van der Waals surface area contributed by atoms with Crippen molar-refractivity contribution in [3.05, 3.63) is 76.1 Å². The van der Waals surface area contributed by atoms with Gasteiger partial charge in [-0.1, -0.05) is 24.3 Å². The van der Waals surface area contributed by atoms with Crippen molar-refractivity contribution in [3.63, 3.8) is 0 Å². The molecule has 0 saturated carbocycles. The molecule has 230 valence electrons. The molecule has 2 aliphatic heterocycles. The number of hydrogen-bond donors (Lipinski definition) is 3. The van der Waals surface area contributed by atoms with Gasteiger partial charge in [0.1, 0.15) is 0 Å². The number of alkyl halides is 3. The van der Waals surface area contributed by atoms with E-state index in [1.54, 1.807) is 6.07 Å². The van der Waals surface area contributed by atoms with Gasteiger partial charge in [-0.15, -0.1) is 0 Å². The van der Waals surface area contributed by atoms with Crippen LogP contribution in [0.2, 0.25) is 0 Å². The van der Waals surface area contributed by atoms with Gasteiger partial charge < -0.3 is 15.7 Å². The Labute approximate surface area is 250 Å². The fourth-order valence-corrected chi connectivity index (χ4v) is 6.42. The summed E-state index contributed by atoms with van der Waals surface area (Å²) in [5, 5.41) is 16.3. The Balaban J connectivity index is 1.35. The van der Waals surface area contributed by atoms with E-state index in [-0.39, 0.29) is 24.0 Å². The van der Waals surface area contributed by atoms with Crippen LogP contribution in [0.3, 0.4) is 0 Å². The topological polar surface area (TPSA) is 90.4 Å². The Morgan fingerprint density at radius 1 is 1.16 bits per heavy atom. The van der Waals surface area contributed by atoms with Crippen molar-refractivity contribution in [2.24, 2.45) is 0 Å². The fraction of sp³-hybridized carbons (Fsp3) is 0.485. The summed E-state index contributed by atoms with van der Waals surface area (Å²) in [6, 6.07) is 11.6. The number of halogens is 3. The van der Waals surface area contributed by atoms with Crippen LogP contribution in [0.5, 0.6) is 0 Å². The number of anilines is 3. The van der Waals surface area contributed by atoms with Crippen LogP contribution in [-0.4, -0.2) is 51.1 Å². The van der Waals surface area contributed by atoms with Gasteiger partial charge in [0.25, 0.3) is 0 Å². The van der Waals surface area contributed by atoms with E-state index in [0.717, 1.165) is 54.5 Å². The number of β-amino-alcohol motifs (C(OH)–C–C–N with tert-alkyl or cyclic N) is 1. The molecule has 1 aromatic heterocycles. The van der Waals surface area contributed by atoms with Crippen LogP contribution in [0.4, 0.5) is 30.5 Å². The first kappa shape index (κ1) is 30.9. The molecule has 3 aromatic rings. The maximum Gasteiger partial charge on any atom is 0.419 e. The van der Waals surface area contributed by atoms with Crippen LogP contribution < -0.4 is 10.6 Å². The first-order chi connectivity index (χ1) is 20.1. The minimum Gasteiger partial charge on any atom is -0.389 e. The first-order valence-electron chi connectivity index (χ1n) is 14.8. The smallest absolute Gasteiger partial charge is 0.389 e. The van der Waals surface area contributed by atoms with E-state index in [2.05, 4.69) is 31.6 Å². The SMILES string of the molecule is Cc1cc(C2CCCN(CC(C)(C)O)C2)ccc1Nc1ncc(C(F)(F)F)c(CCc2cccc3c2C(C)(C)C(=O)N3)n1. The van der Waals surface area contributed by atoms with Crippen molar-refractivity contribution >= 4 is 23.2 Å². The molecule has 0 bridgehead atoms. The normalized spacial score (nSPS) is 18.8. The summed E-state index contributed by atoms with van der Waals surface area (Å²) in [7, 11) is 0. The average Bonchev–Trinajstić information content (AvgIpc) is 3.15. The molecule has 2 aromatic carbocycles. The summed E-state index contributed by atoms with van der Waals surface area (Å²) < 4.78 is 41.9. The van der Waals surface area contributed by atoms with E-state index in [9.17, 15) is 23.1 Å². The van der Waals surface area contributed by atoms with Gasteiger partial charge in [0, 0.05) is 30.7 Å². The highest BCUT2D eigenvalue weighted by molar-refractivity contribution is 6.06. The van der Waals surface area contributed by atoms with E-state index >= 15 is 0 Å². The second kappa shape index (κ2) is 11.5. The van der Waals surface area contributed by atoms with Gasteiger partial charge in [-0.25, -0.2) is 9.97 Å². The second-order valence-electron chi connectivity index (χ2n) is 13.1. The van der Waals surface area contributed by atoms with Crippen molar-refractivity contribution in [1.82, 2.24) is 14.9 Å². The lowest BCUT2D eigenvalue weighted by Crippen LogP contribution is -2.43. The molecular weight excluding hydrogens is 555 g/mol. The van der Waals surface area contributed by atoms with E-state index in [1.807, 2.05) is 58.9 Å². The number of carbonyl (C=O) groups excluding carboxylic acids is 1. The molecule has 3 N–H and O–H groups in total. The van der Waals surface area contributed by atoms with Gasteiger partial charge in [0.05, 0.1) is 22.3 Å². The van der Waals surface area contributed by atoms with Crippen molar-refractivity contribution < 1.29 is 23.1 Å². The number of fused-ring (bicyclic) bond motifs is 1. The summed E-state index contributed by atoms with van der Waals surface area (Å²) in [6.07, 6.45) is -1.31. The summed E-state index contributed by atoms with van der Waals surface area (Å²) >= 11 is 0. The molecule has 0 radical (unpaired) electrons. The maximum absolute atomic E-state index is 14.0. The lowest BCUT2D eigenvalue weighted by Gasteiger charge is -2.36. The zero-order valence-corrected chi connectivity index (χ0v) is 25.4. The summed E-state index contributed by atoms with van der Waals surface area (Å²) in [5.41, 5.74) is 2.73. The number of rotatable bonds is 8. The number of amides is 1. The van der Waals surface area contributed by atoms with Gasteiger partial charge in [-0.2, -0.15) is 13.2 Å². The zero-order chi connectivity index (χ0) is 31.2. The van der Waals surface area contributed by atoms with E-state index in [1.165, 1.54) is 5.56 Å². The highest BCUT2D eigenvalue weighted by atomic mass is 19.4. The van der Waals surface area contributed by atoms with Crippen LogP contribution in [0, 0.1) is 6.92 Å². The van der Waals surface area contributed by atoms with Gasteiger partial charge in [-0.05, 0) is 107 Å². The lowest BCUT2D eigenvalue weighted by atomic mass is 9.82. The van der Waals surface area contributed by atoms with Gasteiger partial charge in [-0.3, -0.25) is 9.69 Å². The van der Waals surface area contributed by atoms with Gasteiger partial charge in [0.2, 0.25) is 11.9 Å². The zero-order valence-electron chi connectivity index (χ0n) is 25.4. The highest BCUT2D eigenvalue weighted by Crippen LogP contribution is 2.40. The van der Waals surface area contributed by atoms with Crippen LogP contribution in [0.25, 0.3) is 0 Å². The van der Waals surface area contributed by atoms with E-state index in [4.69, 9.17) is 0 Å². The molecule has 7 nitrogen and oxygen atoms in total. The van der Waals surface area contributed by atoms with Crippen LogP contribution in [-0.2, 0) is 29.2 Å². The van der Waals surface area contributed by atoms with Crippen molar-refractivity contribution in [2.75, 3.05) is 30.3 Å². The molecule has 0 spiro atoms. The van der Waals surface area contributed by atoms with E-state index in [0.29, 0.717) is 24.6 Å². The van der Waals surface area contributed by atoms with Gasteiger partial charge in [0.15, 0.2) is 0 Å². The average molecular weight is 596 g/mol. The third kappa shape index (κ3) is 6.86. The Bertz CT molecular complexity index is 1510. The Hall–Kier alpha value is -3.50. The number of hydrogen-bond acceptors (Lipinski definition) is 6. The molecule has 1 amide bonds. The van der Waals surface area contributed by atoms with Crippen LogP contribution in [0.15, 0.2) is 42.6 Å². The van der Waals surface area contributed by atoms with Crippen molar-refractivity contribution in [3.8, 4) is 0 Å². The highest BCUT2D eigenvalue weighted by Gasteiger charge is 2.40. The molecular formula is C33H40F3N5O2. The molecule has 1 atom stereocenters. The third-order valence-electron chi connectivity index (χ3n) is 8.48. The monoisotopic (exact) mass is 595 g/mol. The quantitative estimate of drug-likeness (QED) is 0.275. The molecule has 1 fully saturated rings. The number of benzene rings is 2. The van der Waals surface area contributed by atoms with E-state index < -0.39 is 22.8 Å². The Morgan fingerprint density at radius 2 is 1.93 bits per heavy atom. The predicted molar refractivity (Wildman–Crippen MR) is 162 cm³/mol. The number of nitrogens with zero attached hydrogens (tertiary/aromatic N) is 3. The van der Waals surface area contributed by atoms with Gasteiger partial charge >= 0.3 is 6.18 Å². The fourth-order valence-electron chi connectivity index (χ4n) is 6.42. The lowest BCUT2D eigenvalue weighted by molar-refractivity contribution is -0.138. The van der Waals surface area contributed by atoms with Crippen molar-refractivity contribution in [2.45, 2.75) is 83.4 Å². The molecule has 1 saturated heterocycles. The molecule has 10 heteroatoms. The predicted octanol–water partition coefficient (Wildman–Crippen LogP) is 6.51. The van der Waals surface area contributed by atoms with Crippen molar-refractivity contribution in [1.29, 1.82) is 0 Å². The Morgan fingerprint density at radius 3 is 2.63 bits per heavy atom. The Kier molecular flexibility index (Phi) is 8.30. The summed E-state index contributed by atoms with van der Waals surface area (Å²) in [6.45, 7) is 11.7. The third-order valence-corrected chi connectivity index (χ3v) is 8.48. The largest absolute Gasteiger partial charge is 0.419 e. The number of piperidine rings is 1.